The minimum absolute atomic E-state index is 0.172. The molecule has 1 aliphatic heterocycles. The second-order valence-electron chi connectivity index (χ2n) is 5.99. The highest BCUT2D eigenvalue weighted by Gasteiger charge is 2.40. The first kappa shape index (κ1) is 12.2. The van der Waals surface area contributed by atoms with E-state index in [1.165, 1.54) is 36.8 Å². The number of nitrogens with two attached hydrogens (primary N) is 1. The molecule has 2 aliphatic rings. The summed E-state index contributed by atoms with van der Waals surface area (Å²) in [5.74, 6) is 0. The van der Waals surface area contributed by atoms with Crippen LogP contribution in [0, 0.1) is 0 Å². The number of hydrogen-bond acceptors (Lipinski definition) is 2. The summed E-state index contributed by atoms with van der Waals surface area (Å²) in [4.78, 5) is 0. The van der Waals surface area contributed by atoms with Crippen LogP contribution in [-0.2, 0) is 16.6 Å². The van der Waals surface area contributed by atoms with Gasteiger partial charge in [0.25, 0.3) is 0 Å². The van der Waals surface area contributed by atoms with Crippen LogP contribution in [0.1, 0.15) is 43.7 Å². The maximum absolute atomic E-state index is 6.14. The maximum atomic E-state index is 6.14. The summed E-state index contributed by atoms with van der Waals surface area (Å²) in [6.45, 7) is 2.93. The van der Waals surface area contributed by atoms with E-state index >= 15 is 0 Å². The van der Waals surface area contributed by atoms with Gasteiger partial charge in [-0.15, -0.1) is 0 Å². The molecule has 0 radical (unpaired) electrons. The van der Waals surface area contributed by atoms with E-state index in [1.807, 2.05) is 0 Å². The zero-order valence-corrected chi connectivity index (χ0v) is 11.2. The van der Waals surface area contributed by atoms with Crippen LogP contribution in [0.15, 0.2) is 24.3 Å². The summed E-state index contributed by atoms with van der Waals surface area (Å²) in [6.07, 6.45) is 6.71. The fraction of sp³-hybridized carbons (Fsp3) is 0.625. The number of benzene rings is 1. The van der Waals surface area contributed by atoms with Gasteiger partial charge >= 0.3 is 0 Å². The molecule has 1 aromatic carbocycles. The first-order valence-electron chi connectivity index (χ1n) is 7.17. The van der Waals surface area contributed by atoms with Gasteiger partial charge < -0.3 is 10.5 Å². The van der Waals surface area contributed by atoms with Gasteiger partial charge in [0.05, 0.1) is 12.2 Å². The highest BCUT2D eigenvalue weighted by molar-refractivity contribution is 5.40. The molecule has 3 rings (SSSR count). The molecule has 0 spiro atoms. The molecular formula is C16H23NO. The van der Waals surface area contributed by atoms with Crippen LogP contribution in [0.2, 0.25) is 0 Å². The third-order valence-electron chi connectivity index (χ3n) is 4.79. The van der Waals surface area contributed by atoms with E-state index in [1.54, 1.807) is 0 Å². The van der Waals surface area contributed by atoms with Crippen molar-refractivity contribution in [2.45, 2.75) is 56.7 Å². The van der Waals surface area contributed by atoms with Crippen LogP contribution < -0.4 is 5.73 Å². The topological polar surface area (TPSA) is 35.2 Å². The predicted molar refractivity (Wildman–Crippen MR) is 73.7 cm³/mol. The minimum Gasteiger partial charge on any atom is -0.375 e. The van der Waals surface area contributed by atoms with Crippen molar-refractivity contribution in [3.8, 4) is 0 Å². The van der Waals surface area contributed by atoms with Crippen molar-refractivity contribution in [3.63, 3.8) is 0 Å². The molecule has 0 bridgehead atoms. The Morgan fingerprint density at radius 2 is 2.17 bits per heavy atom. The van der Waals surface area contributed by atoms with E-state index in [-0.39, 0.29) is 5.41 Å². The molecule has 2 N–H and O–H groups in total. The third kappa shape index (κ3) is 1.98. The van der Waals surface area contributed by atoms with Crippen LogP contribution >= 0.6 is 0 Å². The molecule has 2 nitrogen and oxygen atoms in total. The molecule has 98 valence electrons. The molecular weight excluding hydrogens is 222 g/mol. The Labute approximate surface area is 110 Å². The van der Waals surface area contributed by atoms with Crippen molar-refractivity contribution in [2.24, 2.45) is 5.73 Å². The van der Waals surface area contributed by atoms with Crippen molar-refractivity contribution in [1.82, 2.24) is 0 Å². The van der Waals surface area contributed by atoms with Crippen molar-refractivity contribution in [1.29, 1.82) is 0 Å². The van der Waals surface area contributed by atoms with E-state index in [2.05, 4.69) is 31.2 Å². The van der Waals surface area contributed by atoms with Crippen LogP contribution in [0.4, 0.5) is 0 Å². The third-order valence-corrected chi connectivity index (χ3v) is 4.79. The normalized spacial score (nSPS) is 34.8. The molecule has 1 fully saturated rings. The van der Waals surface area contributed by atoms with E-state index in [4.69, 9.17) is 10.5 Å². The monoisotopic (exact) mass is 245 g/mol. The maximum Gasteiger partial charge on any atom is 0.0588 e. The molecule has 0 saturated carbocycles. The Bertz CT molecular complexity index is 431. The first-order valence-corrected chi connectivity index (χ1v) is 7.17. The molecule has 3 unspecified atom stereocenters. The summed E-state index contributed by atoms with van der Waals surface area (Å²) in [5, 5.41) is 0. The quantitative estimate of drug-likeness (QED) is 0.888. The van der Waals surface area contributed by atoms with Crippen LogP contribution in [0.3, 0.4) is 0 Å². The van der Waals surface area contributed by atoms with Gasteiger partial charge in [-0.3, -0.25) is 0 Å². The summed E-state index contributed by atoms with van der Waals surface area (Å²) >= 11 is 0. The van der Waals surface area contributed by atoms with E-state index in [9.17, 15) is 0 Å². The average Bonchev–Trinajstić information content (AvgIpc) is 2.96. The Kier molecular flexibility index (Phi) is 3.16. The lowest BCUT2D eigenvalue weighted by molar-refractivity contribution is 0.0364. The molecule has 1 aliphatic carbocycles. The molecule has 1 heterocycles. The van der Waals surface area contributed by atoms with Crippen molar-refractivity contribution in [3.05, 3.63) is 35.4 Å². The van der Waals surface area contributed by atoms with E-state index in [0.29, 0.717) is 12.2 Å². The Morgan fingerprint density at radius 3 is 2.89 bits per heavy atom. The number of aryl methyl sites for hydroxylation is 1. The molecule has 0 aromatic heterocycles. The predicted octanol–water partition coefficient (Wildman–Crippen LogP) is 2.79. The summed E-state index contributed by atoms with van der Waals surface area (Å²) in [5.41, 5.74) is 9.29. The number of ether oxygens (including phenoxy) is 1. The fourth-order valence-corrected chi connectivity index (χ4v) is 3.74. The standard InChI is InChI=1S/C16H23NO/c1-12-6-7-14(18-12)10-16(11-17)9-8-13-4-2-3-5-15(13)16/h2-5,12,14H,6-11,17H2,1H3. The van der Waals surface area contributed by atoms with Gasteiger partial charge in [-0.1, -0.05) is 24.3 Å². The van der Waals surface area contributed by atoms with E-state index in [0.717, 1.165) is 13.0 Å². The van der Waals surface area contributed by atoms with Gasteiger partial charge in [0.1, 0.15) is 0 Å². The molecule has 2 heteroatoms. The SMILES string of the molecule is CC1CCC(CC2(CN)CCc3ccccc32)O1. The van der Waals surface area contributed by atoms with Crippen molar-refractivity contribution >= 4 is 0 Å². The van der Waals surface area contributed by atoms with E-state index < -0.39 is 0 Å². The Hall–Kier alpha value is -0.860. The summed E-state index contributed by atoms with van der Waals surface area (Å²) in [7, 11) is 0. The lowest BCUT2D eigenvalue weighted by Crippen LogP contribution is -2.36. The molecule has 3 atom stereocenters. The first-order chi connectivity index (χ1) is 8.73. The second kappa shape index (κ2) is 4.67. The number of rotatable bonds is 3. The largest absolute Gasteiger partial charge is 0.375 e. The number of hydrogen-bond donors (Lipinski definition) is 1. The Morgan fingerprint density at radius 1 is 1.33 bits per heavy atom. The summed E-state index contributed by atoms with van der Waals surface area (Å²) in [6, 6.07) is 8.81. The van der Waals surface area contributed by atoms with Crippen LogP contribution in [-0.4, -0.2) is 18.8 Å². The van der Waals surface area contributed by atoms with Gasteiger partial charge in [-0.25, -0.2) is 0 Å². The lowest BCUT2D eigenvalue weighted by Gasteiger charge is -2.31. The van der Waals surface area contributed by atoms with Crippen molar-refractivity contribution in [2.75, 3.05) is 6.54 Å². The molecule has 1 saturated heterocycles. The zero-order chi connectivity index (χ0) is 12.6. The van der Waals surface area contributed by atoms with Gasteiger partial charge in [0.2, 0.25) is 0 Å². The fourth-order valence-electron chi connectivity index (χ4n) is 3.74. The van der Waals surface area contributed by atoms with Gasteiger partial charge in [0.15, 0.2) is 0 Å². The minimum atomic E-state index is 0.172. The molecule has 1 aromatic rings. The highest BCUT2D eigenvalue weighted by Crippen LogP contribution is 2.43. The summed E-state index contributed by atoms with van der Waals surface area (Å²) < 4.78 is 6.01. The average molecular weight is 245 g/mol. The zero-order valence-electron chi connectivity index (χ0n) is 11.2. The van der Waals surface area contributed by atoms with Crippen LogP contribution in [0.25, 0.3) is 0 Å². The Balaban J connectivity index is 1.83. The van der Waals surface area contributed by atoms with Crippen molar-refractivity contribution < 1.29 is 4.74 Å². The second-order valence-corrected chi connectivity index (χ2v) is 5.99. The van der Waals surface area contributed by atoms with Crippen LogP contribution in [0.5, 0.6) is 0 Å². The van der Waals surface area contributed by atoms with Gasteiger partial charge in [-0.05, 0) is 50.2 Å². The smallest absolute Gasteiger partial charge is 0.0588 e. The highest BCUT2D eigenvalue weighted by atomic mass is 16.5. The molecule has 18 heavy (non-hydrogen) atoms. The molecule has 0 amide bonds. The lowest BCUT2D eigenvalue weighted by atomic mass is 9.77. The number of fused-ring (bicyclic) bond motifs is 1. The van der Waals surface area contributed by atoms with Gasteiger partial charge in [0, 0.05) is 12.0 Å². The van der Waals surface area contributed by atoms with Gasteiger partial charge in [-0.2, -0.15) is 0 Å².